The molecule has 2 aromatic rings. The average Bonchev–Trinajstić information content (AvgIpc) is 2.98. The molecule has 0 aliphatic carbocycles. The van der Waals surface area contributed by atoms with Gasteiger partial charge in [0, 0.05) is 11.4 Å². The maximum atomic E-state index is 13.0. The van der Waals surface area contributed by atoms with Crippen molar-refractivity contribution >= 4 is 41.1 Å². The van der Waals surface area contributed by atoms with Gasteiger partial charge in [0.1, 0.15) is 6.04 Å². The lowest BCUT2D eigenvalue weighted by atomic mass is 10.1. The molecule has 0 spiro atoms. The highest BCUT2D eigenvalue weighted by molar-refractivity contribution is 7.98. The second-order valence-corrected chi connectivity index (χ2v) is 7.42. The molecule has 0 fully saturated rings. The maximum Gasteiger partial charge on any atom is 0.337 e. The molecule has 0 aromatic heterocycles. The lowest BCUT2D eigenvalue weighted by Crippen LogP contribution is -2.48. The number of thioether (sulfide) groups is 1. The van der Waals surface area contributed by atoms with Gasteiger partial charge in [-0.3, -0.25) is 19.3 Å². The normalized spacial score (nSPS) is 13.8. The van der Waals surface area contributed by atoms with Crippen molar-refractivity contribution in [1.29, 1.82) is 0 Å². The van der Waals surface area contributed by atoms with Crippen molar-refractivity contribution in [2.24, 2.45) is 0 Å². The minimum Gasteiger partial charge on any atom is -0.465 e. The molecule has 1 atom stereocenters. The number of hydrogen-bond acceptors (Lipinski definition) is 6. The highest BCUT2D eigenvalue weighted by Crippen LogP contribution is 2.27. The molecule has 150 valence electrons. The number of benzene rings is 2. The number of nitrogens with zero attached hydrogens (tertiary/aromatic N) is 1. The third-order valence-electron chi connectivity index (χ3n) is 4.68. The fraction of sp³-hybridized carbons (Fsp3) is 0.238. The summed E-state index contributed by atoms with van der Waals surface area (Å²) in [6.45, 7) is 1.78. The van der Waals surface area contributed by atoms with Crippen molar-refractivity contribution < 1.29 is 23.9 Å². The van der Waals surface area contributed by atoms with E-state index in [4.69, 9.17) is 4.74 Å². The van der Waals surface area contributed by atoms with Crippen LogP contribution in [0.3, 0.4) is 0 Å². The summed E-state index contributed by atoms with van der Waals surface area (Å²) in [5.41, 5.74) is 2.02. The lowest BCUT2D eigenvalue weighted by molar-refractivity contribution is -0.119. The zero-order valence-corrected chi connectivity index (χ0v) is 17.0. The summed E-state index contributed by atoms with van der Waals surface area (Å²) in [6, 6.07) is 10.3. The molecular weight excluding hydrogens is 392 g/mol. The van der Waals surface area contributed by atoms with Crippen LogP contribution in [-0.4, -0.2) is 53.8 Å². The fourth-order valence-electron chi connectivity index (χ4n) is 3.13. The van der Waals surface area contributed by atoms with E-state index in [0.29, 0.717) is 16.8 Å². The van der Waals surface area contributed by atoms with E-state index in [0.717, 1.165) is 10.5 Å². The molecule has 2 aromatic carbocycles. The van der Waals surface area contributed by atoms with Crippen LogP contribution in [0.2, 0.25) is 0 Å². The Morgan fingerprint density at radius 3 is 2.28 bits per heavy atom. The summed E-state index contributed by atoms with van der Waals surface area (Å²) in [5, 5.41) is 2.75. The third kappa shape index (κ3) is 3.88. The second kappa shape index (κ2) is 8.48. The molecule has 1 heterocycles. The molecule has 0 saturated heterocycles. The molecule has 8 heteroatoms. The van der Waals surface area contributed by atoms with E-state index in [9.17, 15) is 19.2 Å². The smallest absolute Gasteiger partial charge is 0.337 e. The van der Waals surface area contributed by atoms with Crippen molar-refractivity contribution in [3.8, 4) is 0 Å². The molecule has 0 unspecified atom stereocenters. The number of fused-ring (bicyclic) bond motifs is 1. The first-order valence-electron chi connectivity index (χ1n) is 8.84. The molecule has 3 amide bonds. The number of carbonyl (C=O) groups excluding carboxylic acids is 4. The van der Waals surface area contributed by atoms with Gasteiger partial charge in [-0.05, 0) is 43.0 Å². The highest BCUT2D eigenvalue weighted by Gasteiger charge is 2.42. The van der Waals surface area contributed by atoms with Crippen molar-refractivity contribution in [2.45, 2.75) is 13.0 Å². The van der Waals surface area contributed by atoms with Gasteiger partial charge < -0.3 is 10.1 Å². The number of amides is 3. The quantitative estimate of drug-likeness (QED) is 0.579. The van der Waals surface area contributed by atoms with Crippen LogP contribution in [0.5, 0.6) is 0 Å². The molecule has 3 rings (SSSR count). The van der Waals surface area contributed by atoms with Crippen LogP contribution in [0, 0.1) is 6.92 Å². The summed E-state index contributed by atoms with van der Waals surface area (Å²) < 4.78 is 4.71. The van der Waals surface area contributed by atoms with Gasteiger partial charge in [0.2, 0.25) is 5.91 Å². The molecule has 1 aliphatic heterocycles. The number of aryl methyl sites for hydroxylation is 1. The zero-order chi connectivity index (χ0) is 21.1. The minimum absolute atomic E-state index is 0.243. The number of carbonyl (C=O) groups is 4. The number of esters is 1. The minimum atomic E-state index is -0.987. The van der Waals surface area contributed by atoms with Gasteiger partial charge in [0.15, 0.2) is 0 Å². The Morgan fingerprint density at radius 1 is 1.10 bits per heavy atom. The Hall–Kier alpha value is -3.13. The first-order chi connectivity index (χ1) is 13.9. The number of imide groups is 1. The predicted molar refractivity (Wildman–Crippen MR) is 110 cm³/mol. The molecule has 1 aliphatic rings. The van der Waals surface area contributed by atoms with Crippen LogP contribution >= 0.6 is 11.8 Å². The number of anilines is 1. The number of ether oxygens (including phenoxy) is 1. The van der Waals surface area contributed by atoms with Crippen molar-refractivity contribution in [2.75, 3.05) is 24.4 Å². The first kappa shape index (κ1) is 20.6. The first-order valence-corrected chi connectivity index (χ1v) is 10.2. The summed E-state index contributed by atoms with van der Waals surface area (Å²) >= 11 is 1.35. The maximum absolute atomic E-state index is 13.0. The van der Waals surface area contributed by atoms with Gasteiger partial charge in [-0.2, -0.15) is 11.8 Å². The van der Waals surface area contributed by atoms with Crippen LogP contribution in [0.1, 0.15) is 36.6 Å². The summed E-state index contributed by atoms with van der Waals surface area (Å²) in [4.78, 5) is 51.4. The van der Waals surface area contributed by atoms with Crippen LogP contribution < -0.4 is 5.32 Å². The fourth-order valence-corrected chi connectivity index (χ4v) is 3.75. The Bertz CT molecular complexity index is 969. The van der Waals surface area contributed by atoms with Gasteiger partial charge in [-0.25, -0.2) is 4.79 Å². The van der Waals surface area contributed by atoms with E-state index in [2.05, 4.69) is 5.32 Å². The van der Waals surface area contributed by atoms with Crippen molar-refractivity contribution in [3.63, 3.8) is 0 Å². The van der Waals surface area contributed by atoms with Gasteiger partial charge in [-0.1, -0.05) is 18.2 Å². The average molecular weight is 412 g/mol. The molecule has 0 bridgehead atoms. The summed E-state index contributed by atoms with van der Waals surface area (Å²) in [5.74, 6) is -1.76. The monoisotopic (exact) mass is 412 g/mol. The van der Waals surface area contributed by atoms with Crippen molar-refractivity contribution in [3.05, 3.63) is 64.7 Å². The Labute approximate surface area is 172 Å². The van der Waals surface area contributed by atoms with Crippen LogP contribution in [0.4, 0.5) is 5.69 Å². The second-order valence-electron chi connectivity index (χ2n) is 6.51. The number of hydrogen-bond donors (Lipinski definition) is 1. The number of rotatable bonds is 6. The molecule has 7 nitrogen and oxygen atoms in total. The zero-order valence-electron chi connectivity index (χ0n) is 16.2. The van der Waals surface area contributed by atoms with Crippen molar-refractivity contribution in [1.82, 2.24) is 4.90 Å². The Kier molecular flexibility index (Phi) is 6.03. The van der Waals surface area contributed by atoms with Gasteiger partial charge in [-0.15, -0.1) is 0 Å². The van der Waals surface area contributed by atoms with E-state index < -0.39 is 29.7 Å². The van der Waals surface area contributed by atoms with E-state index in [1.54, 1.807) is 49.6 Å². The van der Waals surface area contributed by atoms with Crippen LogP contribution in [-0.2, 0) is 9.53 Å². The van der Waals surface area contributed by atoms with E-state index >= 15 is 0 Å². The van der Waals surface area contributed by atoms with Gasteiger partial charge in [0.05, 0.1) is 23.8 Å². The Morgan fingerprint density at radius 2 is 1.72 bits per heavy atom. The van der Waals surface area contributed by atoms with E-state index in [1.807, 2.05) is 0 Å². The standard InChI is InChI=1S/C21H20N2O5S/c1-12-8-9-13(21(27)28-2)10-16(12)22-18(24)17(11-29-3)23-19(25)14-6-4-5-7-15(14)20(23)26/h4-10,17H,11H2,1-3H3,(H,22,24)/t17-/m0/s1. The summed E-state index contributed by atoms with van der Waals surface area (Å²) in [6.07, 6.45) is 1.79. The van der Waals surface area contributed by atoms with Gasteiger partial charge >= 0.3 is 5.97 Å². The van der Waals surface area contributed by atoms with E-state index in [1.165, 1.54) is 24.9 Å². The molecule has 29 heavy (non-hydrogen) atoms. The number of nitrogens with one attached hydrogen (secondary N) is 1. The molecule has 0 radical (unpaired) electrons. The molecule has 0 saturated carbocycles. The topological polar surface area (TPSA) is 92.8 Å². The largest absolute Gasteiger partial charge is 0.465 e. The predicted octanol–water partition coefficient (Wildman–Crippen LogP) is 2.75. The highest BCUT2D eigenvalue weighted by atomic mass is 32.2. The molecule has 1 N–H and O–H groups in total. The number of methoxy groups -OCH3 is 1. The van der Waals surface area contributed by atoms with E-state index in [-0.39, 0.29) is 11.3 Å². The summed E-state index contributed by atoms with van der Waals surface area (Å²) in [7, 11) is 1.28. The SMILES string of the molecule is COC(=O)c1ccc(C)c(NC(=O)[C@H](CSC)N2C(=O)c3ccccc3C2=O)c1. The van der Waals surface area contributed by atoms with Crippen LogP contribution in [0.15, 0.2) is 42.5 Å². The van der Waals surface area contributed by atoms with Gasteiger partial charge in [0.25, 0.3) is 11.8 Å². The Balaban J connectivity index is 1.89. The lowest BCUT2D eigenvalue weighted by Gasteiger charge is -2.25. The molecular formula is C21H20N2O5S. The third-order valence-corrected chi connectivity index (χ3v) is 5.33. The van der Waals surface area contributed by atoms with Crippen LogP contribution in [0.25, 0.3) is 0 Å².